The van der Waals surface area contributed by atoms with E-state index in [1.54, 1.807) is 6.92 Å². The summed E-state index contributed by atoms with van der Waals surface area (Å²) in [5.74, 6) is 1.74. The molecular weight excluding hydrogens is 324 g/mol. The molecule has 3 aliphatic rings. The van der Waals surface area contributed by atoms with Gasteiger partial charge in [-0.2, -0.15) is 0 Å². The van der Waals surface area contributed by atoms with Crippen LogP contribution in [0.1, 0.15) is 37.6 Å². The smallest absolute Gasteiger partial charge is 0.159 e. The predicted octanol–water partition coefficient (Wildman–Crippen LogP) is 3.61. The summed E-state index contributed by atoms with van der Waals surface area (Å²) in [5.41, 5.74) is 5.20. The predicted molar refractivity (Wildman–Crippen MR) is 102 cm³/mol. The Morgan fingerprint density at radius 1 is 1.23 bits per heavy atom. The summed E-state index contributed by atoms with van der Waals surface area (Å²) < 4.78 is 8.35. The fraction of sp³-hybridized carbons (Fsp3) is 0.500. The van der Waals surface area contributed by atoms with Gasteiger partial charge >= 0.3 is 0 Å². The zero-order chi connectivity index (χ0) is 18.2. The van der Waals surface area contributed by atoms with Crippen LogP contribution < -0.4 is 0 Å². The van der Waals surface area contributed by atoms with Crippen LogP contribution in [0.15, 0.2) is 35.6 Å². The van der Waals surface area contributed by atoms with Crippen molar-refractivity contribution in [3.8, 4) is 0 Å². The fourth-order valence-corrected chi connectivity index (χ4v) is 5.95. The first-order valence-corrected chi connectivity index (χ1v) is 9.61. The van der Waals surface area contributed by atoms with Gasteiger partial charge in [-0.3, -0.25) is 9.69 Å². The highest BCUT2D eigenvalue weighted by Crippen LogP contribution is 2.51. The van der Waals surface area contributed by atoms with Gasteiger partial charge in [0.1, 0.15) is 0 Å². The molecule has 2 aromatic rings. The molecule has 0 amide bonds. The van der Waals surface area contributed by atoms with Crippen molar-refractivity contribution in [3.05, 3.63) is 46.9 Å². The molecule has 4 heteroatoms. The third-order valence-electron chi connectivity index (χ3n) is 7.11. The van der Waals surface area contributed by atoms with Gasteiger partial charge in [-0.25, -0.2) is 0 Å². The summed E-state index contributed by atoms with van der Waals surface area (Å²) in [5, 5.41) is 1.39. The number of nitrogens with zero attached hydrogens (tertiary/aromatic N) is 2. The van der Waals surface area contributed by atoms with Gasteiger partial charge in [0.2, 0.25) is 0 Å². The van der Waals surface area contributed by atoms with Gasteiger partial charge in [-0.15, -0.1) is 0 Å². The lowest BCUT2D eigenvalue weighted by Crippen LogP contribution is -2.56. The number of Topliss-reactive ketones (excluding diaryl/α,β-unsaturated/α-hetero) is 1. The Hall–Kier alpha value is -2.07. The molecule has 0 spiro atoms. The molecule has 0 N–H and O–H groups in total. The maximum absolute atomic E-state index is 12.4. The minimum absolute atomic E-state index is 0.178. The zero-order valence-electron chi connectivity index (χ0n) is 16.0. The number of benzene rings is 1. The zero-order valence-corrected chi connectivity index (χ0v) is 16.0. The largest absolute Gasteiger partial charge is 0.497 e. The maximum atomic E-state index is 12.4. The van der Waals surface area contributed by atoms with Crippen LogP contribution in [0.25, 0.3) is 10.9 Å². The number of fused-ring (bicyclic) bond motifs is 8. The topological polar surface area (TPSA) is 34.5 Å². The number of carbonyl (C=O) groups excluding carboxylic acids is 1. The first kappa shape index (κ1) is 16.1. The molecule has 0 saturated carbocycles. The van der Waals surface area contributed by atoms with Crippen LogP contribution in [-0.4, -0.2) is 34.9 Å². The Labute approximate surface area is 154 Å². The van der Waals surface area contributed by atoms with E-state index in [9.17, 15) is 4.79 Å². The molecule has 4 heterocycles. The summed E-state index contributed by atoms with van der Waals surface area (Å²) in [6, 6.07) is 9.54. The number of hydrogen-bond acceptors (Lipinski definition) is 3. The lowest BCUT2D eigenvalue weighted by molar-refractivity contribution is -0.116. The van der Waals surface area contributed by atoms with Gasteiger partial charge in [-0.1, -0.05) is 18.2 Å². The number of allylic oxidation sites excluding steroid dienone is 2. The quantitative estimate of drug-likeness (QED) is 0.788. The SMILES string of the molecule is CC(=O)C1=C(C)OCC2C1CC1c3c(c4ccccc4n3C)CC2N1C. The Morgan fingerprint density at radius 2 is 2.00 bits per heavy atom. The van der Waals surface area contributed by atoms with E-state index in [0.29, 0.717) is 23.9 Å². The standard InChI is InChI=1S/C22H26N2O2/c1-12(25)21-13(2)26-11-17-15(21)9-20-22-16(10-19(17)23(20)3)14-7-5-6-8-18(14)24(22)4/h5-8,15,17,19-20H,9-11H2,1-4H3. The van der Waals surface area contributed by atoms with Crippen LogP contribution in [0.5, 0.6) is 0 Å². The Kier molecular flexibility index (Phi) is 3.39. The molecule has 3 aliphatic heterocycles. The van der Waals surface area contributed by atoms with Crippen LogP contribution in [0, 0.1) is 11.8 Å². The van der Waals surface area contributed by atoms with Crippen molar-refractivity contribution in [3.63, 3.8) is 0 Å². The van der Waals surface area contributed by atoms with E-state index >= 15 is 0 Å². The van der Waals surface area contributed by atoms with E-state index in [2.05, 4.69) is 47.8 Å². The first-order chi connectivity index (χ1) is 12.5. The normalized spacial score (nSPS) is 30.8. The van der Waals surface area contributed by atoms with Gasteiger partial charge in [0.25, 0.3) is 0 Å². The van der Waals surface area contributed by atoms with Crippen molar-refractivity contribution in [2.75, 3.05) is 13.7 Å². The summed E-state index contributed by atoms with van der Waals surface area (Å²) in [6.45, 7) is 4.39. The maximum Gasteiger partial charge on any atom is 0.159 e. The minimum Gasteiger partial charge on any atom is -0.497 e. The molecule has 1 saturated heterocycles. The average Bonchev–Trinajstić information content (AvgIpc) is 2.88. The first-order valence-electron chi connectivity index (χ1n) is 9.61. The Bertz CT molecular complexity index is 954. The number of carbonyl (C=O) groups is 1. The highest BCUT2D eigenvalue weighted by Gasteiger charge is 2.50. The van der Waals surface area contributed by atoms with Crippen LogP contribution in [-0.2, 0) is 23.0 Å². The van der Waals surface area contributed by atoms with Crippen LogP contribution in [0.2, 0.25) is 0 Å². The van der Waals surface area contributed by atoms with Crippen molar-refractivity contribution in [1.29, 1.82) is 0 Å². The third kappa shape index (κ3) is 1.96. The summed E-state index contributed by atoms with van der Waals surface area (Å²) in [6.07, 6.45) is 2.04. The lowest BCUT2D eigenvalue weighted by atomic mass is 9.66. The van der Waals surface area contributed by atoms with Crippen molar-refractivity contribution in [2.24, 2.45) is 18.9 Å². The molecule has 1 aromatic heterocycles. The summed E-state index contributed by atoms with van der Waals surface area (Å²) >= 11 is 0. The van der Waals surface area contributed by atoms with Crippen molar-refractivity contribution >= 4 is 16.7 Å². The number of aromatic nitrogens is 1. The molecule has 1 aromatic carbocycles. The van der Waals surface area contributed by atoms with E-state index in [1.807, 2.05) is 6.92 Å². The second-order valence-electron chi connectivity index (χ2n) is 8.24. The van der Waals surface area contributed by atoms with E-state index in [4.69, 9.17) is 4.74 Å². The minimum atomic E-state index is 0.178. The van der Waals surface area contributed by atoms with Crippen LogP contribution in [0.3, 0.4) is 0 Å². The van der Waals surface area contributed by atoms with Gasteiger partial charge in [0.15, 0.2) is 5.78 Å². The Morgan fingerprint density at radius 3 is 2.77 bits per heavy atom. The number of para-hydroxylation sites is 1. The number of likely N-dealkylation sites (N-methyl/N-ethyl adjacent to an activating group) is 1. The van der Waals surface area contributed by atoms with Crippen molar-refractivity contribution < 1.29 is 9.53 Å². The van der Waals surface area contributed by atoms with E-state index in [-0.39, 0.29) is 5.78 Å². The molecule has 0 radical (unpaired) electrons. The molecule has 4 atom stereocenters. The molecule has 136 valence electrons. The number of rotatable bonds is 1. The molecule has 2 bridgehead atoms. The van der Waals surface area contributed by atoms with Gasteiger partial charge in [-0.05, 0) is 45.4 Å². The second-order valence-corrected chi connectivity index (χ2v) is 8.24. The third-order valence-corrected chi connectivity index (χ3v) is 7.11. The molecule has 26 heavy (non-hydrogen) atoms. The van der Waals surface area contributed by atoms with Crippen molar-refractivity contribution in [2.45, 2.75) is 38.8 Å². The molecule has 0 aliphatic carbocycles. The van der Waals surface area contributed by atoms with E-state index in [1.165, 1.54) is 22.2 Å². The molecular formula is C22H26N2O2. The Balaban J connectivity index is 1.69. The summed E-state index contributed by atoms with van der Waals surface area (Å²) in [7, 11) is 4.45. The molecule has 5 rings (SSSR count). The molecule has 4 unspecified atom stereocenters. The average molecular weight is 350 g/mol. The van der Waals surface area contributed by atoms with Crippen molar-refractivity contribution in [1.82, 2.24) is 9.47 Å². The molecule has 4 nitrogen and oxygen atoms in total. The van der Waals surface area contributed by atoms with Crippen LogP contribution >= 0.6 is 0 Å². The highest BCUT2D eigenvalue weighted by molar-refractivity contribution is 5.94. The van der Waals surface area contributed by atoms with E-state index < -0.39 is 0 Å². The summed E-state index contributed by atoms with van der Waals surface area (Å²) in [4.78, 5) is 14.9. The van der Waals surface area contributed by atoms with Crippen LogP contribution in [0.4, 0.5) is 0 Å². The van der Waals surface area contributed by atoms with Gasteiger partial charge < -0.3 is 9.30 Å². The second kappa shape index (κ2) is 5.46. The monoisotopic (exact) mass is 350 g/mol. The number of ketones is 1. The highest BCUT2D eigenvalue weighted by atomic mass is 16.5. The number of aryl methyl sites for hydroxylation is 1. The lowest BCUT2D eigenvalue weighted by Gasteiger charge is -2.53. The number of piperidine rings is 1. The van der Waals surface area contributed by atoms with Gasteiger partial charge in [0.05, 0.1) is 18.4 Å². The number of hydrogen-bond donors (Lipinski definition) is 0. The van der Waals surface area contributed by atoms with Gasteiger partial charge in [0, 0.05) is 47.1 Å². The fourth-order valence-electron chi connectivity index (χ4n) is 5.95. The number of ether oxygens (including phenoxy) is 1. The van der Waals surface area contributed by atoms with E-state index in [0.717, 1.165) is 30.8 Å². The molecule has 1 fully saturated rings.